The molecule has 0 aliphatic rings. The molecule has 0 radical (unpaired) electrons. The summed E-state index contributed by atoms with van der Waals surface area (Å²) < 4.78 is 19.3. The molecule has 0 aromatic heterocycles. The Morgan fingerprint density at radius 3 is 2.41 bits per heavy atom. The van der Waals surface area contributed by atoms with E-state index in [1.54, 1.807) is 19.9 Å². The van der Waals surface area contributed by atoms with E-state index in [9.17, 15) is 9.18 Å². The van der Waals surface area contributed by atoms with Crippen LogP contribution in [0.2, 0.25) is 0 Å². The van der Waals surface area contributed by atoms with Crippen LogP contribution in [0.4, 0.5) is 4.39 Å². The molecule has 0 aliphatic heterocycles. The number of hydrogen-bond acceptors (Lipinski definition) is 3. The number of esters is 1. The molecule has 1 aromatic carbocycles. The molecule has 1 atom stereocenters. The molecule has 0 aliphatic carbocycles. The van der Waals surface area contributed by atoms with Crippen LogP contribution in [0.1, 0.15) is 52.2 Å². The van der Waals surface area contributed by atoms with Crippen molar-refractivity contribution in [3.8, 4) is 12.3 Å². The van der Waals surface area contributed by atoms with Crippen molar-refractivity contribution >= 4 is 5.97 Å². The number of carbonyl (C=O) groups is 1. The van der Waals surface area contributed by atoms with Crippen LogP contribution in [-0.2, 0) is 15.1 Å². The van der Waals surface area contributed by atoms with E-state index in [1.165, 1.54) is 12.1 Å². The number of terminal acetylenes is 1. The van der Waals surface area contributed by atoms with E-state index in [0.29, 0.717) is 12.0 Å². The van der Waals surface area contributed by atoms with Crippen molar-refractivity contribution in [2.75, 3.05) is 0 Å². The van der Waals surface area contributed by atoms with Crippen molar-refractivity contribution in [3.63, 3.8) is 0 Å². The fourth-order valence-electron chi connectivity index (χ4n) is 2.36. The minimum Gasteiger partial charge on any atom is -0.461 e. The number of rotatable bonds is 4. The topological polar surface area (TPSA) is 52.3 Å². The monoisotopic (exact) mass is 305 g/mol. The second-order valence-electron chi connectivity index (χ2n) is 7.00. The van der Waals surface area contributed by atoms with Gasteiger partial charge in [0.25, 0.3) is 0 Å². The van der Waals surface area contributed by atoms with E-state index < -0.39 is 17.3 Å². The summed E-state index contributed by atoms with van der Waals surface area (Å²) in [5, 5.41) is 0. The van der Waals surface area contributed by atoms with Crippen molar-refractivity contribution in [2.24, 2.45) is 11.1 Å². The standard InChI is InChI=1S/C18H24FNO2/c1-7-13-8-9-14(10-15(13)19)18(20,11-17(4,5)6)16(21)22-12(2)3/h1,8-10,12H,11,20H2,2-6H3/t18-/m1/s1. The summed E-state index contributed by atoms with van der Waals surface area (Å²) in [6.45, 7) is 9.38. The molecular weight excluding hydrogens is 281 g/mol. The van der Waals surface area contributed by atoms with Gasteiger partial charge >= 0.3 is 5.97 Å². The molecule has 1 aromatic rings. The molecule has 0 bridgehead atoms. The maximum absolute atomic E-state index is 14.0. The normalized spacial score (nSPS) is 14.3. The second-order valence-corrected chi connectivity index (χ2v) is 7.00. The van der Waals surface area contributed by atoms with Crippen molar-refractivity contribution in [1.29, 1.82) is 0 Å². The van der Waals surface area contributed by atoms with Gasteiger partial charge in [-0.3, -0.25) is 0 Å². The molecule has 0 amide bonds. The van der Waals surface area contributed by atoms with E-state index in [1.807, 2.05) is 20.8 Å². The van der Waals surface area contributed by atoms with Gasteiger partial charge in [0.2, 0.25) is 0 Å². The van der Waals surface area contributed by atoms with Gasteiger partial charge in [0.1, 0.15) is 11.4 Å². The Kier molecular flexibility index (Phi) is 5.37. The quantitative estimate of drug-likeness (QED) is 0.685. The lowest BCUT2D eigenvalue weighted by Crippen LogP contribution is -2.49. The zero-order chi connectivity index (χ0) is 17.1. The average Bonchev–Trinajstić information content (AvgIpc) is 2.35. The van der Waals surface area contributed by atoms with E-state index in [-0.39, 0.29) is 17.1 Å². The lowest BCUT2D eigenvalue weighted by atomic mass is 9.76. The fraction of sp³-hybridized carbons (Fsp3) is 0.500. The molecule has 0 spiro atoms. The van der Waals surface area contributed by atoms with Crippen LogP contribution in [0.15, 0.2) is 18.2 Å². The van der Waals surface area contributed by atoms with E-state index in [2.05, 4.69) is 5.92 Å². The largest absolute Gasteiger partial charge is 0.461 e. The van der Waals surface area contributed by atoms with Crippen molar-refractivity contribution in [1.82, 2.24) is 0 Å². The lowest BCUT2D eigenvalue weighted by molar-refractivity contribution is -0.156. The summed E-state index contributed by atoms with van der Waals surface area (Å²) in [4.78, 5) is 12.5. The van der Waals surface area contributed by atoms with Gasteiger partial charge in [0.05, 0.1) is 11.7 Å². The number of ether oxygens (including phenoxy) is 1. The zero-order valence-corrected chi connectivity index (χ0v) is 13.9. The minimum absolute atomic E-state index is 0.138. The average molecular weight is 305 g/mol. The minimum atomic E-state index is -1.42. The predicted molar refractivity (Wildman–Crippen MR) is 85.5 cm³/mol. The summed E-state index contributed by atoms with van der Waals surface area (Å²) in [6, 6.07) is 4.27. The third-order valence-corrected chi connectivity index (χ3v) is 3.16. The highest BCUT2D eigenvalue weighted by molar-refractivity contribution is 5.82. The first kappa shape index (κ1) is 18.2. The van der Waals surface area contributed by atoms with Gasteiger partial charge in [0, 0.05) is 0 Å². The Hall–Kier alpha value is -1.86. The number of halogens is 1. The maximum atomic E-state index is 14.0. The highest BCUT2D eigenvalue weighted by Crippen LogP contribution is 2.35. The van der Waals surface area contributed by atoms with Gasteiger partial charge in [-0.05, 0) is 43.4 Å². The molecule has 0 saturated carbocycles. The highest BCUT2D eigenvalue weighted by Gasteiger charge is 2.41. The maximum Gasteiger partial charge on any atom is 0.331 e. The van der Waals surface area contributed by atoms with Gasteiger partial charge in [-0.2, -0.15) is 0 Å². The first-order valence-electron chi connectivity index (χ1n) is 7.26. The molecule has 0 heterocycles. The Bertz CT molecular complexity index is 596. The predicted octanol–water partition coefficient (Wildman–Crippen LogP) is 3.35. The van der Waals surface area contributed by atoms with Crippen molar-refractivity contribution in [2.45, 2.75) is 52.7 Å². The molecule has 1 rings (SSSR count). The third-order valence-electron chi connectivity index (χ3n) is 3.16. The van der Waals surface area contributed by atoms with Crippen LogP contribution < -0.4 is 5.73 Å². The van der Waals surface area contributed by atoms with E-state index in [4.69, 9.17) is 16.9 Å². The SMILES string of the molecule is C#Cc1ccc([C@](N)(CC(C)(C)C)C(=O)OC(C)C)cc1F. The Morgan fingerprint density at radius 2 is 2.00 bits per heavy atom. The van der Waals surface area contributed by atoms with Crippen molar-refractivity contribution in [3.05, 3.63) is 35.1 Å². The number of nitrogens with two attached hydrogens (primary N) is 1. The first-order valence-corrected chi connectivity index (χ1v) is 7.26. The summed E-state index contributed by atoms with van der Waals surface area (Å²) in [5.41, 5.74) is 5.20. The summed E-state index contributed by atoms with van der Waals surface area (Å²) >= 11 is 0. The van der Waals surface area contributed by atoms with Crippen LogP contribution in [0.5, 0.6) is 0 Å². The molecular formula is C18H24FNO2. The number of carbonyl (C=O) groups excluding carboxylic acids is 1. The zero-order valence-electron chi connectivity index (χ0n) is 13.9. The van der Waals surface area contributed by atoms with Crippen LogP contribution in [0.3, 0.4) is 0 Å². The van der Waals surface area contributed by atoms with Crippen molar-refractivity contribution < 1.29 is 13.9 Å². The van der Waals surface area contributed by atoms with E-state index >= 15 is 0 Å². The molecule has 0 fully saturated rings. The Balaban J connectivity index is 3.34. The smallest absolute Gasteiger partial charge is 0.331 e. The summed E-state index contributed by atoms with van der Waals surface area (Å²) in [6.07, 6.45) is 5.24. The summed E-state index contributed by atoms with van der Waals surface area (Å²) in [5.74, 6) is 1.12. The first-order chi connectivity index (χ1) is 9.99. The number of benzene rings is 1. The molecule has 120 valence electrons. The lowest BCUT2D eigenvalue weighted by Gasteiger charge is -2.34. The number of hydrogen-bond donors (Lipinski definition) is 1. The molecule has 4 heteroatoms. The Labute approximate surface area is 132 Å². The van der Waals surface area contributed by atoms with Gasteiger partial charge in [-0.25, -0.2) is 9.18 Å². The molecule has 3 nitrogen and oxygen atoms in total. The van der Waals surface area contributed by atoms with Crippen LogP contribution in [-0.4, -0.2) is 12.1 Å². The van der Waals surface area contributed by atoms with Gasteiger partial charge in [0.15, 0.2) is 0 Å². The second kappa shape index (κ2) is 6.50. The third kappa shape index (κ3) is 4.32. The molecule has 22 heavy (non-hydrogen) atoms. The molecule has 0 saturated heterocycles. The Morgan fingerprint density at radius 1 is 1.41 bits per heavy atom. The van der Waals surface area contributed by atoms with Crippen LogP contribution >= 0.6 is 0 Å². The van der Waals surface area contributed by atoms with Crippen LogP contribution in [0, 0.1) is 23.6 Å². The fourth-order valence-corrected chi connectivity index (χ4v) is 2.36. The van der Waals surface area contributed by atoms with Crippen LogP contribution in [0.25, 0.3) is 0 Å². The molecule has 0 unspecified atom stereocenters. The van der Waals surface area contributed by atoms with Gasteiger partial charge < -0.3 is 10.5 Å². The van der Waals surface area contributed by atoms with Gasteiger partial charge in [-0.1, -0.05) is 32.8 Å². The molecule has 2 N–H and O–H groups in total. The van der Waals surface area contributed by atoms with E-state index in [0.717, 1.165) is 0 Å². The summed E-state index contributed by atoms with van der Waals surface area (Å²) in [7, 11) is 0. The highest BCUT2D eigenvalue weighted by atomic mass is 19.1. The van der Waals surface area contributed by atoms with Gasteiger partial charge in [-0.15, -0.1) is 6.42 Å².